The molecule has 0 bridgehead atoms. The topological polar surface area (TPSA) is 71.2 Å². The largest absolute Gasteiger partial charge is 0.508 e. The van der Waals surface area contributed by atoms with Crippen molar-refractivity contribution in [2.24, 2.45) is 0 Å². The summed E-state index contributed by atoms with van der Waals surface area (Å²) in [6, 6.07) is 10.6. The first-order valence-corrected chi connectivity index (χ1v) is 6.75. The molecule has 0 fully saturated rings. The van der Waals surface area contributed by atoms with Crippen LogP contribution in [0.1, 0.15) is 26.3 Å². The van der Waals surface area contributed by atoms with Gasteiger partial charge in [0.05, 0.1) is 0 Å². The Morgan fingerprint density at radius 1 is 0.905 bits per heavy atom. The molecule has 1 aromatic heterocycles. The van der Waals surface area contributed by atoms with Crippen LogP contribution in [0.15, 0.2) is 36.4 Å². The average molecular weight is 283 g/mol. The van der Waals surface area contributed by atoms with E-state index >= 15 is 0 Å². The van der Waals surface area contributed by atoms with Gasteiger partial charge >= 0.3 is 0 Å². The van der Waals surface area contributed by atoms with Crippen molar-refractivity contribution in [3.63, 3.8) is 0 Å². The zero-order chi connectivity index (χ0) is 15.2. The Balaban J connectivity index is 2.22. The van der Waals surface area contributed by atoms with Crippen molar-refractivity contribution in [2.75, 3.05) is 0 Å². The van der Waals surface area contributed by atoms with Crippen LogP contribution >= 0.6 is 0 Å². The molecule has 0 amide bonds. The fourth-order valence-electron chi connectivity index (χ4n) is 2.29. The number of benzene rings is 2. The van der Waals surface area contributed by atoms with Crippen molar-refractivity contribution in [3.05, 3.63) is 42.0 Å². The molecule has 0 aliphatic carbocycles. The average Bonchev–Trinajstić information content (AvgIpc) is 2.80. The molecule has 0 saturated heterocycles. The van der Waals surface area contributed by atoms with Crippen LogP contribution in [0.5, 0.6) is 11.5 Å². The third-order valence-electron chi connectivity index (χ3n) is 3.40. The standard InChI is InChI=1S/C16H17N3O2/c1-16(2,3)10-8-13(15(21)9-14(10)20)19-17-11-6-4-5-7-12(11)18-19/h4-9,20-21H,1-3H3. The van der Waals surface area contributed by atoms with Crippen LogP contribution in [-0.2, 0) is 5.41 Å². The van der Waals surface area contributed by atoms with Crippen LogP contribution < -0.4 is 0 Å². The first-order valence-electron chi connectivity index (χ1n) is 6.75. The molecule has 5 heteroatoms. The number of hydrogen-bond acceptors (Lipinski definition) is 4. The summed E-state index contributed by atoms with van der Waals surface area (Å²) in [7, 11) is 0. The predicted molar refractivity (Wildman–Crippen MR) is 80.9 cm³/mol. The highest BCUT2D eigenvalue weighted by Crippen LogP contribution is 2.36. The SMILES string of the molecule is CC(C)(C)c1cc(-n2nc3ccccc3n2)c(O)cc1O. The highest BCUT2D eigenvalue weighted by Gasteiger charge is 2.21. The van der Waals surface area contributed by atoms with Crippen LogP contribution in [0.25, 0.3) is 16.7 Å². The molecule has 5 nitrogen and oxygen atoms in total. The van der Waals surface area contributed by atoms with E-state index in [1.807, 2.05) is 45.0 Å². The van der Waals surface area contributed by atoms with Gasteiger partial charge in [-0.25, -0.2) is 0 Å². The Kier molecular flexibility index (Phi) is 2.86. The fourth-order valence-corrected chi connectivity index (χ4v) is 2.29. The summed E-state index contributed by atoms with van der Waals surface area (Å²) < 4.78 is 0. The Hall–Kier alpha value is -2.56. The Morgan fingerprint density at radius 2 is 1.48 bits per heavy atom. The smallest absolute Gasteiger partial charge is 0.146 e. The molecule has 108 valence electrons. The van der Waals surface area contributed by atoms with Crippen molar-refractivity contribution in [3.8, 4) is 17.2 Å². The molecule has 0 radical (unpaired) electrons. The van der Waals surface area contributed by atoms with Gasteiger partial charge in [0.1, 0.15) is 28.2 Å². The summed E-state index contributed by atoms with van der Waals surface area (Å²) in [5.41, 5.74) is 2.44. The lowest BCUT2D eigenvalue weighted by molar-refractivity contribution is 0.428. The molecule has 0 aliphatic rings. The van der Waals surface area contributed by atoms with Gasteiger partial charge in [0, 0.05) is 11.6 Å². The van der Waals surface area contributed by atoms with E-state index < -0.39 is 0 Å². The number of aromatic nitrogens is 3. The third-order valence-corrected chi connectivity index (χ3v) is 3.40. The van der Waals surface area contributed by atoms with Gasteiger partial charge in [-0.2, -0.15) is 0 Å². The van der Waals surface area contributed by atoms with Crippen molar-refractivity contribution in [2.45, 2.75) is 26.2 Å². The summed E-state index contributed by atoms with van der Waals surface area (Å²) in [5, 5.41) is 28.8. The van der Waals surface area contributed by atoms with Crippen molar-refractivity contribution >= 4 is 11.0 Å². The number of nitrogens with zero attached hydrogens (tertiary/aromatic N) is 3. The Bertz CT molecular complexity index is 783. The molecule has 0 saturated carbocycles. The molecule has 3 rings (SSSR count). The highest BCUT2D eigenvalue weighted by atomic mass is 16.3. The maximum Gasteiger partial charge on any atom is 0.146 e. The Morgan fingerprint density at radius 3 is 2.00 bits per heavy atom. The first kappa shape index (κ1) is 13.4. The summed E-state index contributed by atoms with van der Waals surface area (Å²) in [6.45, 7) is 5.99. The van der Waals surface area contributed by atoms with E-state index in [1.165, 1.54) is 10.9 Å². The molecule has 0 aliphatic heterocycles. The van der Waals surface area contributed by atoms with E-state index in [0.29, 0.717) is 5.69 Å². The molecule has 1 heterocycles. The van der Waals surface area contributed by atoms with Gasteiger partial charge in [0.15, 0.2) is 0 Å². The van der Waals surface area contributed by atoms with E-state index in [2.05, 4.69) is 10.2 Å². The van der Waals surface area contributed by atoms with Crippen LogP contribution in [0.4, 0.5) is 0 Å². The van der Waals surface area contributed by atoms with Crippen molar-refractivity contribution in [1.82, 2.24) is 15.0 Å². The van der Waals surface area contributed by atoms with Crippen molar-refractivity contribution in [1.29, 1.82) is 0 Å². The number of hydrogen-bond donors (Lipinski definition) is 2. The minimum Gasteiger partial charge on any atom is -0.508 e. The number of phenols is 2. The molecule has 2 aromatic carbocycles. The first-order chi connectivity index (χ1) is 9.86. The zero-order valence-electron chi connectivity index (χ0n) is 12.2. The van der Waals surface area contributed by atoms with Gasteiger partial charge in [-0.3, -0.25) is 0 Å². The van der Waals surface area contributed by atoms with Crippen molar-refractivity contribution < 1.29 is 10.2 Å². The van der Waals surface area contributed by atoms with Gasteiger partial charge in [0.2, 0.25) is 0 Å². The summed E-state index contributed by atoms with van der Waals surface area (Å²) in [5.74, 6) is 0.0151. The van der Waals surface area contributed by atoms with E-state index in [-0.39, 0.29) is 16.9 Å². The van der Waals surface area contributed by atoms with Gasteiger partial charge in [0.25, 0.3) is 0 Å². The van der Waals surface area contributed by atoms with Crippen LogP contribution in [0, 0.1) is 0 Å². The van der Waals surface area contributed by atoms with E-state index in [4.69, 9.17) is 0 Å². The fraction of sp³-hybridized carbons (Fsp3) is 0.250. The molecule has 3 aromatic rings. The van der Waals surface area contributed by atoms with Gasteiger partial charge < -0.3 is 10.2 Å². The number of rotatable bonds is 1. The lowest BCUT2D eigenvalue weighted by Crippen LogP contribution is -2.12. The molecular formula is C16H17N3O2. The molecule has 0 unspecified atom stereocenters. The third kappa shape index (κ3) is 2.31. The Labute approximate surface area is 122 Å². The van der Waals surface area contributed by atoms with E-state index in [1.54, 1.807) is 6.07 Å². The minimum atomic E-state index is -0.251. The van der Waals surface area contributed by atoms with Gasteiger partial charge in [-0.05, 0) is 23.6 Å². The van der Waals surface area contributed by atoms with Crippen LogP contribution in [0.2, 0.25) is 0 Å². The molecule has 21 heavy (non-hydrogen) atoms. The van der Waals surface area contributed by atoms with Crippen LogP contribution in [0.3, 0.4) is 0 Å². The van der Waals surface area contributed by atoms with Crippen LogP contribution in [-0.4, -0.2) is 25.2 Å². The number of aromatic hydroxyl groups is 2. The molecule has 2 N–H and O–H groups in total. The number of fused-ring (bicyclic) bond motifs is 1. The predicted octanol–water partition coefficient (Wildman–Crippen LogP) is 3.13. The molecular weight excluding hydrogens is 266 g/mol. The lowest BCUT2D eigenvalue weighted by atomic mass is 9.86. The van der Waals surface area contributed by atoms with Gasteiger partial charge in [-0.1, -0.05) is 32.9 Å². The second kappa shape index (κ2) is 4.48. The minimum absolute atomic E-state index is 0.0548. The lowest BCUT2D eigenvalue weighted by Gasteiger charge is -2.21. The molecule has 0 atom stereocenters. The molecule has 0 spiro atoms. The highest BCUT2D eigenvalue weighted by molar-refractivity contribution is 5.73. The summed E-state index contributed by atoms with van der Waals surface area (Å²) in [6.07, 6.45) is 0. The zero-order valence-corrected chi connectivity index (χ0v) is 12.2. The normalized spacial score (nSPS) is 12.0. The maximum atomic E-state index is 10.1. The maximum absolute atomic E-state index is 10.1. The van der Waals surface area contributed by atoms with E-state index in [0.717, 1.165) is 16.6 Å². The van der Waals surface area contributed by atoms with E-state index in [9.17, 15) is 10.2 Å². The summed E-state index contributed by atoms with van der Waals surface area (Å²) in [4.78, 5) is 1.40. The van der Waals surface area contributed by atoms with Gasteiger partial charge in [-0.15, -0.1) is 15.0 Å². The number of phenolic OH excluding ortho intramolecular Hbond substituents is 2. The quantitative estimate of drug-likeness (QED) is 0.719. The summed E-state index contributed by atoms with van der Waals surface area (Å²) >= 11 is 0. The monoisotopic (exact) mass is 283 g/mol. The second-order valence-electron chi connectivity index (χ2n) is 6.09. The second-order valence-corrected chi connectivity index (χ2v) is 6.09.